The number of aryl methyl sites for hydroxylation is 1. The summed E-state index contributed by atoms with van der Waals surface area (Å²) in [5, 5.41) is 6.00. The predicted octanol–water partition coefficient (Wildman–Crippen LogP) is 4.60. The monoisotopic (exact) mass is 411 g/mol. The number of aromatic nitrogens is 1. The molecule has 2 N–H and O–H groups in total. The van der Waals surface area contributed by atoms with Crippen molar-refractivity contribution in [2.45, 2.75) is 13.8 Å². The minimum atomic E-state index is -0.247. The van der Waals surface area contributed by atoms with Gasteiger partial charge in [-0.05, 0) is 75.5 Å². The van der Waals surface area contributed by atoms with E-state index in [1.807, 2.05) is 32.0 Å². The van der Waals surface area contributed by atoms with Crippen molar-refractivity contribution < 1.29 is 4.79 Å². The lowest BCUT2D eigenvalue weighted by atomic mass is 10.2. The SMILES string of the molecule is CCNc1ccc(C(=O)Nc2c(Br)cc(C)cc2Br)nc1. The zero-order valence-electron chi connectivity index (χ0n) is 11.7. The van der Waals surface area contributed by atoms with E-state index in [0.717, 1.165) is 26.7 Å². The third-order valence-electron chi connectivity index (χ3n) is 2.80. The van der Waals surface area contributed by atoms with Crippen LogP contribution < -0.4 is 10.6 Å². The van der Waals surface area contributed by atoms with Crippen molar-refractivity contribution >= 4 is 49.1 Å². The molecule has 0 aliphatic heterocycles. The predicted molar refractivity (Wildman–Crippen MR) is 92.9 cm³/mol. The van der Waals surface area contributed by atoms with Crippen molar-refractivity contribution in [2.75, 3.05) is 17.2 Å². The second-order valence-corrected chi connectivity index (χ2v) is 6.23. The van der Waals surface area contributed by atoms with Crippen molar-refractivity contribution in [3.63, 3.8) is 0 Å². The van der Waals surface area contributed by atoms with Crippen molar-refractivity contribution in [1.82, 2.24) is 4.98 Å². The van der Waals surface area contributed by atoms with Gasteiger partial charge in [-0.1, -0.05) is 0 Å². The van der Waals surface area contributed by atoms with Crippen LogP contribution in [-0.2, 0) is 0 Å². The fraction of sp³-hybridized carbons (Fsp3) is 0.200. The number of benzene rings is 1. The number of nitrogens with one attached hydrogen (secondary N) is 2. The lowest BCUT2D eigenvalue weighted by Crippen LogP contribution is -2.14. The Bertz CT molecular complexity index is 633. The second kappa shape index (κ2) is 7.04. The van der Waals surface area contributed by atoms with Crippen molar-refractivity contribution in [1.29, 1.82) is 0 Å². The summed E-state index contributed by atoms with van der Waals surface area (Å²) in [5.74, 6) is -0.247. The largest absolute Gasteiger partial charge is 0.384 e. The first-order valence-electron chi connectivity index (χ1n) is 6.48. The lowest BCUT2D eigenvalue weighted by Gasteiger charge is -2.11. The Hall–Kier alpha value is -1.40. The molecule has 0 fully saturated rings. The molecule has 0 atom stereocenters. The number of rotatable bonds is 4. The van der Waals surface area contributed by atoms with E-state index in [2.05, 4.69) is 47.5 Å². The van der Waals surface area contributed by atoms with Gasteiger partial charge in [-0.2, -0.15) is 0 Å². The molecule has 0 radical (unpaired) electrons. The summed E-state index contributed by atoms with van der Waals surface area (Å²) in [6, 6.07) is 7.43. The molecule has 2 aromatic rings. The number of nitrogens with zero attached hydrogens (tertiary/aromatic N) is 1. The standard InChI is InChI=1S/C15H15Br2N3O/c1-3-18-10-4-5-13(19-8-10)15(21)20-14-11(16)6-9(2)7-12(14)17/h4-8,18H,3H2,1-2H3,(H,20,21). The summed E-state index contributed by atoms with van der Waals surface area (Å²) < 4.78 is 1.65. The van der Waals surface area contributed by atoms with Crippen LogP contribution in [0.5, 0.6) is 0 Å². The van der Waals surface area contributed by atoms with Crippen LogP contribution in [0.3, 0.4) is 0 Å². The van der Waals surface area contributed by atoms with Gasteiger partial charge in [0.15, 0.2) is 0 Å². The maximum absolute atomic E-state index is 12.2. The molecule has 21 heavy (non-hydrogen) atoms. The van der Waals surface area contributed by atoms with Gasteiger partial charge in [0, 0.05) is 15.5 Å². The summed E-state index contributed by atoms with van der Waals surface area (Å²) in [4.78, 5) is 16.4. The van der Waals surface area contributed by atoms with E-state index >= 15 is 0 Å². The minimum absolute atomic E-state index is 0.247. The molecule has 1 heterocycles. The highest BCUT2D eigenvalue weighted by Gasteiger charge is 2.12. The van der Waals surface area contributed by atoms with E-state index in [9.17, 15) is 4.79 Å². The number of hydrogen-bond acceptors (Lipinski definition) is 3. The van der Waals surface area contributed by atoms with Gasteiger partial charge >= 0.3 is 0 Å². The fourth-order valence-electron chi connectivity index (χ4n) is 1.83. The third-order valence-corrected chi connectivity index (χ3v) is 4.05. The van der Waals surface area contributed by atoms with Crippen LogP contribution in [0.2, 0.25) is 0 Å². The topological polar surface area (TPSA) is 54.0 Å². The lowest BCUT2D eigenvalue weighted by molar-refractivity contribution is 0.102. The van der Waals surface area contributed by atoms with Crippen LogP contribution in [0, 0.1) is 6.92 Å². The fourth-order valence-corrected chi connectivity index (χ4v) is 3.45. The van der Waals surface area contributed by atoms with Crippen LogP contribution in [0.15, 0.2) is 39.4 Å². The minimum Gasteiger partial charge on any atom is -0.384 e. The van der Waals surface area contributed by atoms with Gasteiger partial charge in [-0.25, -0.2) is 4.98 Å². The van der Waals surface area contributed by atoms with Crippen molar-refractivity contribution in [2.24, 2.45) is 0 Å². The van der Waals surface area contributed by atoms with E-state index in [0.29, 0.717) is 11.4 Å². The smallest absolute Gasteiger partial charge is 0.274 e. The Morgan fingerprint density at radius 2 is 1.90 bits per heavy atom. The van der Waals surface area contributed by atoms with Crippen molar-refractivity contribution in [3.8, 4) is 0 Å². The van der Waals surface area contributed by atoms with Gasteiger partial charge in [0.1, 0.15) is 5.69 Å². The number of halogens is 2. The first-order chi connectivity index (χ1) is 10.0. The maximum Gasteiger partial charge on any atom is 0.274 e. The molecule has 2 rings (SSSR count). The molecule has 1 aromatic carbocycles. The summed E-state index contributed by atoms with van der Waals surface area (Å²) >= 11 is 6.91. The summed E-state index contributed by atoms with van der Waals surface area (Å²) in [7, 11) is 0. The van der Waals surface area contributed by atoms with E-state index in [4.69, 9.17) is 0 Å². The van der Waals surface area contributed by atoms with E-state index in [-0.39, 0.29) is 5.91 Å². The zero-order chi connectivity index (χ0) is 15.4. The molecule has 0 saturated heterocycles. The number of carbonyl (C=O) groups is 1. The maximum atomic E-state index is 12.2. The van der Waals surface area contributed by atoms with E-state index in [1.165, 1.54) is 0 Å². The molecule has 1 amide bonds. The molecule has 1 aromatic heterocycles. The Morgan fingerprint density at radius 3 is 2.43 bits per heavy atom. The zero-order valence-corrected chi connectivity index (χ0v) is 14.9. The summed E-state index contributed by atoms with van der Waals surface area (Å²) in [5.41, 5.74) is 3.06. The van der Waals surface area contributed by atoms with Crippen LogP contribution in [0.4, 0.5) is 11.4 Å². The van der Waals surface area contributed by atoms with Crippen molar-refractivity contribution in [3.05, 3.63) is 50.7 Å². The Kier molecular flexibility index (Phi) is 5.36. The molecule has 0 saturated carbocycles. The average molecular weight is 413 g/mol. The highest BCUT2D eigenvalue weighted by molar-refractivity contribution is 9.11. The Morgan fingerprint density at radius 1 is 1.24 bits per heavy atom. The first kappa shape index (κ1) is 16.0. The third kappa shape index (κ3) is 4.04. The normalized spacial score (nSPS) is 10.3. The van der Waals surface area contributed by atoms with Gasteiger partial charge in [-0.15, -0.1) is 0 Å². The van der Waals surface area contributed by atoms with Crippen LogP contribution in [0.1, 0.15) is 23.0 Å². The molecule has 0 unspecified atom stereocenters. The van der Waals surface area contributed by atoms with Gasteiger partial charge in [-0.3, -0.25) is 4.79 Å². The quantitative estimate of drug-likeness (QED) is 0.771. The van der Waals surface area contributed by atoms with E-state index < -0.39 is 0 Å². The van der Waals surface area contributed by atoms with Gasteiger partial charge in [0.25, 0.3) is 5.91 Å². The van der Waals surface area contributed by atoms with E-state index in [1.54, 1.807) is 12.3 Å². The average Bonchev–Trinajstić information content (AvgIpc) is 2.43. The molecule has 0 spiro atoms. The highest BCUT2D eigenvalue weighted by Crippen LogP contribution is 2.32. The molecule has 0 aliphatic carbocycles. The van der Waals surface area contributed by atoms with Gasteiger partial charge in [0.05, 0.1) is 17.6 Å². The number of hydrogen-bond donors (Lipinski definition) is 2. The Labute approximate surface area is 140 Å². The molecular weight excluding hydrogens is 398 g/mol. The number of pyridine rings is 1. The second-order valence-electron chi connectivity index (χ2n) is 4.52. The molecule has 4 nitrogen and oxygen atoms in total. The number of carbonyl (C=O) groups excluding carboxylic acids is 1. The van der Waals surface area contributed by atoms with Gasteiger partial charge < -0.3 is 10.6 Å². The molecule has 0 bridgehead atoms. The van der Waals surface area contributed by atoms with Crippen LogP contribution in [-0.4, -0.2) is 17.4 Å². The van der Waals surface area contributed by atoms with Crippen LogP contribution in [0.25, 0.3) is 0 Å². The Balaban J connectivity index is 2.18. The first-order valence-corrected chi connectivity index (χ1v) is 8.06. The molecular formula is C15H15Br2N3O. The van der Waals surface area contributed by atoms with Crippen LogP contribution >= 0.6 is 31.9 Å². The number of amides is 1. The number of anilines is 2. The highest BCUT2D eigenvalue weighted by atomic mass is 79.9. The molecule has 110 valence electrons. The van der Waals surface area contributed by atoms with Gasteiger partial charge in [0.2, 0.25) is 0 Å². The summed E-state index contributed by atoms with van der Waals surface area (Å²) in [6.07, 6.45) is 1.65. The molecule has 0 aliphatic rings. The molecule has 6 heteroatoms. The summed E-state index contributed by atoms with van der Waals surface area (Å²) in [6.45, 7) is 4.81.